The second-order valence-corrected chi connectivity index (χ2v) is 4.07. The van der Waals surface area contributed by atoms with Gasteiger partial charge >= 0.3 is 0 Å². The molecule has 0 bridgehead atoms. The normalized spacial score (nSPS) is 11.9. The molecule has 0 fully saturated rings. The number of fused-ring (bicyclic) bond motifs is 1. The molecule has 15 heavy (non-hydrogen) atoms. The minimum absolute atomic E-state index is 0.381. The summed E-state index contributed by atoms with van der Waals surface area (Å²) in [5.74, 6) is 0.452. The van der Waals surface area contributed by atoms with Crippen molar-refractivity contribution in [3.05, 3.63) is 18.7 Å². The minimum Gasteiger partial charge on any atom is -0.473 e. The standard InChI is InChI=1S/C9H13N5O/c1-9(2,10)5-15-8-7-13-12-6-14(7)4-3-11-8/h3-4,6H,5,10H2,1-2H3. The van der Waals surface area contributed by atoms with Gasteiger partial charge in [0.2, 0.25) is 5.65 Å². The number of ether oxygens (including phenoxy) is 1. The van der Waals surface area contributed by atoms with Crippen LogP contribution in [0.4, 0.5) is 0 Å². The molecule has 2 aromatic rings. The lowest BCUT2D eigenvalue weighted by atomic mass is 10.1. The molecule has 0 saturated heterocycles. The Kier molecular flexibility index (Phi) is 2.28. The average Bonchev–Trinajstić information content (AvgIpc) is 2.61. The first kappa shape index (κ1) is 9.85. The van der Waals surface area contributed by atoms with Crippen LogP contribution in [0.25, 0.3) is 5.65 Å². The zero-order valence-electron chi connectivity index (χ0n) is 8.71. The first-order valence-electron chi connectivity index (χ1n) is 4.62. The van der Waals surface area contributed by atoms with Crippen LogP contribution in [0.5, 0.6) is 5.88 Å². The van der Waals surface area contributed by atoms with E-state index in [2.05, 4.69) is 15.2 Å². The van der Waals surface area contributed by atoms with E-state index in [-0.39, 0.29) is 0 Å². The van der Waals surface area contributed by atoms with Gasteiger partial charge in [-0.3, -0.25) is 4.40 Å². The number of rotatable bonds is 3. The van der Waals surface area contributed by atoms with Gasteiger partial charge < -0.3 is 10.5 Å². The number of nitrogens with zero attached hydrogens (tertiary/aromatic N) is 4. The molecule has 80 valence electrons. The van der Waals surface area contributed by atoms with E-state index in [0.717, 1.165) is 0 Å². The molecular weight excluding hydrogens is 194 g/mol. The maximum Gasteiger partial charge on any atom is 0.260 e. The molecule has 0 atom stereocenters. The summed E-state index contributed by atoms with van der Waals surface area (Å²) in [5, 5.41) is 7.67. The monoisotopic (exact) mass is 207 g/mol. The van der Waals surface area contributed by atoms with Crippen molar-refractivity contribution in [2.24, 2.45) is 5.73 Å². The van der Waals surface area contributed by atoms with Gasteiger partial charge in [0.1, 0.15) is 12.9 Å². The van der Waals surface area contributed by atoms with Crippen molar-refractivity contribution >= 4 is 5.65 Å². The van der Waals surface area contributed by atoms with Gasteiger partial charge in [0.05, 0.1) is 0 Å². The van der Waals surface area contributed by atoms with Crippen LogP contribution in [-0.4, -0.2) is 31.7 Å². The van der Waals surface area contributed by atoms with Crippen LogP contribution in [-0.2, 0) is 0 Å². The summed E-state index contributed by atoms with van der Waals surface area (Å²) >= 11 is 0. The lowest BCUT2D eigenvalue weighted by Crippen LogP contribution is -2.38. The lowest BCUT2D eigenvalue weighted by molar-refractivity contribution is 0.236. The van der Waals surface area contributed by atoms with Crippen molar-refractivity contribution in [3.8, 4) is 5.88 Å². The van der Waals surface area contributed by atoms with Crippen molar-refractivity contribution in [3.63, 3.8) is 0 Å². The van der Waals surface area contributed by atoms with Crippen LogP contribution in [0, 0.1) is 0 Å². The third-order valence-electron chi connectivity index (χ3n) is 1.76. The maximum atomic E-state index is 5.81. The van der Waals surface area contributed by atoms with Gasteiger partial charge in [0.15, 0.2) is 0 Å². The van der Waals surface area contributed by atoms with Crippen molar-refractivity contribution in [1.82, 2.24) is 19.6 Å². The summed E-state index contributed by atoms with van der Waals surface area (Å²) in [4.78, 5) is 4.08. The van der Waals surface area contributed by atoms with E-state index in [1.807, 2.05) is 13.8 Å². The Morgan fingerprint density at radius 3 is 3.07 bits per heavy atom. The summed E-state index contributed by atoms with van der Waals surface area (Å²) in [6, 6.07) is 0. The topological polar surface area (TPSA) is 78.3 Å². The van der Waals surface area contributed by atoms with Crippen molar-refractivity contribution in [2.45, 2.75) is 19.4 Å². The molecule has 0 spiro atoms. The summed E-state index contributed by atoms with van der Waals surface area (Å²) in [6.45, 7) is 4.15. The van der Waals surface area contributed by atoms with E-state index in [9.17, 15) is 0 Å². The van der Waals surface area contributed by atoms with Crippen LogP contribution in [0.2, 0.25) is 0 Å². The Morgan fingerprint density at radius 1 is 1.53 bits per heavy atom. The number of hydrogen-bond donors (Lipinski definition) is 1. The Labute approximate surface area is 87.1 Å². The summed E-state index contributed by atoms with van der Waals surface area (Å²) in [7, 11) is 0. The molecule has 0 aliphatic rings. The fourth-order valence-corrected chi connectivity index (χ4v) is 1.09. The van der Waals surface area contributed by atoms with Gasteiger partial charge in [0, 0.05) is 17.9 Å². The molecule has 0 radical (unpaired) electrons. The fraction of sp³-hybridized carbons (Fsp3) is 0.444. The number of nitrogens with two attached hydrogens (primary N) is 1. The van der Waals surface area contributed by atoms with E-state index in [1.54, 1.807) is 23.1 Å². The highest BCUT2D eigenvalue weighted by atomic mass is 16.5. The Hall–Kier alpha value is -1.69. The van der Waals surface area contributed by atoms with Crippen molar-refractivity contribution < 1.29 is 4.74 Å². The second kappa shape index (κ2) is 3.47. The van der Waals surface area contributed by atoms with Gasteiger partial charge in [0.25, 0.3) is 5.88 Å². The average molecular weight is 207 g/mol. The molecule has 0 amide bonds. The quantitative estimate of drug-likeness (QED) is 0.780. The van der Waals surface area contributed by atoms with Gasteiger partial charge in [-0.15, -0.1) is 10.2 Å². The zero-order chi connectivity index (χ0) is 10.9. The smallest absolute Gasteiger partial charge is 0.260 e. The van der Waals surface area contributed by atoms with Crippen LogP contribution < -0.4 is 10.5 Å². The Bertz CT molecular complexity index is 459. The van der Waals surface area contributed by atoms with Crippen LogP contribution in [0.1, 0.15) is 13.8 Å². The molecule has 0 saturated carbocycles. The summed E-state index contributed by atoms with van der Waals surface area (Å²) in [5.41, 5.74) is 6.01. The molecule has 2 rings (SSSR count). The third kappa shape index (κ3) is 2.21. The fourth-order valence-electron chi connectivity index (χ4n) is 1.09. The van der Waals surface area contributed by atoms with Crippen molar-refractivity contribution in [1.29, 1.82) is 0 Å². The predicted molar refractivity (Wildman–Crippen MR) is 54.5 cm³/mol. The first-order chi connectivity index (χ1) is 7.06. The molecule has 0 aliphatic heterocycles. The first-order valence-corrected chi connectivity index (χ1v) is 4.62. The van der Waals surface area contributed by atoms with E-state index >= 15 is 0 Å². The molecular formula is C9H13N5O. The molecule has 6 heteroatoms. The summed E-state index contributed by atoms with van der Waals surface area (Å²) in [6.07, 6.45) is 4.99. The van der Waals surface area contributed by atoms with E-state index in [4.69, 9.17) is 10.5 Å². The van der Waals surface area contributed by atoms with Crippen LogP contribution in [0.15, 0.2) is 18.7 Å². The Morgan fingerprint density at radius 2 is 2.33 bits per heavy atom. The highest BCUT2D eigenvalue weighted by molar-refractivity contribution is 5.47. The minimum atomic E-state index is -0.394. The van der Waals surface area contributed by atoms with Crippen LogP contribution >= 0.6 is 0 Å². The highest BCUT2D eigenvalue weighted by Gasteiger charge is 2.14. The largest absolute Gasteiger partial charge is 0.473 e. The highest BCUT2D eigenvalue weighted by Crippen LogP contribution is 2.13. The van der Waals surface area contributed by atoms with E-state index in [1.165, 1.54) is 0 Å². The van der Waals surface area contributed by atoms with Crippen molar-refractivity contribution in [2.75, 3.05) is 6.61 Å². The molecule has 2 heterocycles. The van der Waals surface area contributed by atoms with Gasteiger partial charge in [-0.2, -0.15) is 0 Å². The third-order valence-corrected chi connectivity index (χ3v) is 1.76. The molecule has 0 aromatic carbocycles. The van der Waals surface area contributed by atoms with Crippen LogP contribution in [0.3, 0.4) is 0 Å². The SMILES string of the molecule is CC(C)(N)COc1nccn2cnnc12. The van der Waals surface area contributed by atoms with E-state index < -0.39 is 5.54 Å². The molecule has 0 aliphatic carbocycles. The number of hydrogen-bond acceptors (Lipinski definition) is 5. The van der Waals surface area contributed by atoms with Gasteiger partial charge in [-0.05, 0) is 13.8 Å². The summed E-state index contributed by atoms with van der Waals surface area (Å²) < 4.78 is 7.22. The molecule has 2 N–H and O–H groups in total. The second-order valence-electron chi connectivity index (χ2n) is 4.07. The van der Waals surface area contributed by atoms with Gasteiger partial charge in [-0.25, -0.2) is 4.98 Å². The molecule has 0 unspecified atom stereocenters. The Balaban J connectivity index is 2.24. The molecule has 2 aromatic heterocycles. The number of aromatic nitrogens is 4. The zero-order valence-corrected chi connectivity index (χ0v) is 8.71. The maximum absolute atomic E-state index is 5.81. The predicted octanol–water partition coefficient (Wildman–Crippen LogP) is 0.240. The molecule has 6 nitrogen and oxygen atoms in total. The lowest BCUT2D eigenvalue weighted by Gasteiger charge is -2.18. The van der Waals surface area contributed by atoms with E-state index in [0.29, 0.717) is 18.1 Å². The van der Waals surface area contributed by atoms with Gasteiger partial charge in [-0.1, -0.05) is 0 Å².